The third-order valence-corrected chi connectivity index (χ3v) is 4.68. The van der Waals surface area contributed by atoms with Crippen LogP contribution in [0.2, 0.25) is 0 Å². The summed E-state index contributed by atoms with van der Waals surface area (Å²) in [6.07, 6.45) is 9.14. The van der Waals surface area contributed by atoms with Gasteiger partial charge in [0.25, 0.3) is 0 Å². The molecular formula is C27H42N4O5. The highest BCUT2D eigenvalue weighted by Crippen LogP contribution is 2.17. The number of carbonyl (C=O) groups is 2. The molecule has 0 bridgehead atoms. The maximum atomic E-state index is 11.9. The minimum Gasteiger partial charge on any atom is -0.495 e. The zero-order valence-corrected chi connectivity index (χ0v) is 22.7. The molecule has 36 heavy (non-hydrogen) atoms. The van der Waals surface area contributed by atoms with Crippen molar-refractivity contribution < 1.29 is 24.0 Å². The number of aliphatic hydroxyl groups excluding tert-OH is 1. The zero-order chi connectivity index (χ0) is 27.5. The number of rotatable bonds is 7. The lowest BCUT2D eigenvalue weighted by Gasteiger charge is -2.13. The number of ether oxygens (including phenoxy) is 1. The van der Waals surface area contributed by atoms with Crippen molar-refractivity contribution in [3.63, 3.8) is 0 Å². The Morgan fingerprint density at radius 3 is 2.53 bits per heavy atom. The lowest BCUT2D eigenvalue weighted by atomic mass is 10.1. The molecule has 2 aromatic rings. The lowest BCUT2D eigenvalue weighted by Crippen LogP contribution is -2.30. The van der Waals surface area contributed by atoms with Crippen LogP contribution in [0.1, 0.15) is 83.0 Å². The smallest absolute Gasteiger partial charge is 0.230 e. The number of aliphatic hydroxyl groups is 1. The van der Waals surface area contributed by atoms with Crippen molar-refractivity contribution in [2.75, 3.05) is 20.2 Å². The summed E-state index contributed by atoms with van der Waals surface area (Å²) < 4.78 is 10.2. The third-order valence-electron chi connectivity index (χ3n) is 4.68. The van der Waals surface area contributed by atoms with E-state index in [1.807, 2.05) is 33.8 Å². The van der Waals surface area contributed by atoms with Crippen LogP contribution in [0.4, 0.5) is 0 Å². The maximum Gasteiger partial charge on any atom is 0.230 e. The molecule has 9 heteroatoms. The van der Waals surface area contributed by atoms with E-state index in [4.69, 9.17) is 15.7 Å². The highest BCUT2D eigenvalue weighted by atomic mass is 16.5. The molecule has 0 aromatic carbocycles. The molecule has 2 amide bonds. The standard InChI is InChI=1S/C12H18N2O3.C10H10N2O2.C3H8.C2H6/c1-8(2)11-5-10(17-13-11)6-12(16)14-4-3-9(15)7-14;1-3-8-4-10(14-2)9(12-5-8)6-11-7-13;1-3-2;1-2/h5,8-9,15H,3-4,6-7H2,1-2H3;1,4-5,7H,6H2,2H3,(H,11,13);3H2,1-2H3;1-2H3. The Kier molecular flexibility index (Phi) is 17.1. The van der Waals surface area contributed by atoms with Crippen LogP contribution in [-0.4, -0.2) is 58.8 Å². The number of methoxy groups -OCH3 is 1. The summed E-state index contributed by atoms with van der Waals surface area (Å²) in [5, 5.41) is 15.8. The number of hydrogen-bond acceptors (Lipinski definition) is 7. The molecule has 1 aliphatic heterocycles. The first-order valence-electron chi connectivity index (χ1n) is 12.4. The molecule has 3 heterocycles. The summed E-state index contributed by atoms with van der Waals surface area (Å²) in [7, 11) is 1.53. The summed E-state index contributed by atoms with van der Waals surface area (Å²) in [5.41, 5.74) is 2.17. The van der Waals surface area contributed by atoms with Crippen LogP contribution in [0.15, 0.2) is 22.9 Å². The molecule has 0 radical (unpaired) electrons. The van der Waals surface area contributed by atoms with E-state index in [2.05, 4.69) is 35.2 Å². The van der Waals surface area contributed by atoms with E-state index in [0.29, 0.717) is 61.2 Å². The molecule has 1 saturated heterocycles. The first-order valence-corrected chi connectivity index (χ1v) is 12.4. The third kappa shape index (κ3) is 11.8. The summed E-state index contributed by atoms with van der Waals surface area (Å²) in [6.45, 7) is 13.7. The average Bonchev–Trinajstić information content (AvgIpc) is 3.54. The Bertz CT molecular complexity index is 936. The maximum absolute atomic E-state index is 11.9. The van der Waals surface area contributed by atoms with E-state index in [1.54, 1.807) is 17.2 Å². The molecule has 2 N–H and O–H groups in total. The Morgan fingerprint density at radius 1 is 1.39 bits per heavy atom. The van der Waals surface area contributed by atoms with Gasteiger partial charge in [-0.2, -0.15) is 0 Å². The van der Waals surface area contributed by atoms with Gasteiger partial charge in [-0.25, -0.2) is 0 Å². The molecule has 0 aliphatic carbocycles. The fraction of sp³-hybridized carbons (Fsp3) is 0.556. The van der Waals surface area contributed by atoms with Crippen molar-refractivity contribution in [2.45, 2.75) is 79.4 Å². The van der Waals surface area contributed by atoms with E-state index in [0.717, 1.165) is 5.69 Å². The molecule has 1 fully saturated rings. The predicted molar refractivity (Wildman–Crippen MR) is 140 cm³/mol. The number of aromatic nitrogens is 2. The van der Waals surface area contributed by atoms with Gasteiger partial charge in [0.2, 0.25) is 12.3 Å². The van der Waals surface area contributed by atoms with Gasteiger partial charge in [0.15, 0.2) is 0 Å². The molecule has 1 aliphatic rings. The van der Waals surface area contributed by atoms with Gasteiger partial charge in [-0.1, -0.05) is 59.0 Å². The number of nitrogens with zero attached hydrogens (tertiary/aromatic N) is 3. The van der Waals surface area contributed by atoms with Crippen LogP contribution in [0.5, 0.6) is 5.75 Å². The SMILES string of the molecule is C#Cc1cnc(CNC=O)c(OC)c1.CC.CC(C)c1cc(CC(=O)N2CCC(O)C2)on1.CCC. The second kappa shape index (κ2) is 18.9. The topological polar surface area (TPSA) is 118 Å². The van der Waals surface area contributed by atoms with Crippen LogP contribution >= 0.6 is 0 Å². The van der Waals surface area contributed by atoms with Crippen molar-refractivity contribution in [1.29, 1.82) is 0 Å². The van der Waals surface area contributed by atoms with Gasteiger partial charge < -0.3 is 24.6 Å². The number of β-amino-alcohol motifs (C(OH)–C–C–N with tert-alkyl or cyclic N) is 1. The first kappa shape index (κ1) is 32.6. The van der Waals surface area contributed by atoms with Crippen LogP contribution < -0.4 is 10.1 Å². The molecule has 0 saturated carbocycles. The molecule has 1 atom stereocenters. The summed E-state index contributed by atoms with van der Waals surface area (Å²) in [6, 6.07) is 3.53. The predicted octanol–water partition coefficient (Wildman–Crippen LogP) is 3.69. The highest BCUT2D eigenvalue weighted by molar-refractivity contribution is 5.78. The summed E-state index contributed by atoms with van der Waals surface area (Å²) in [4.78, 5) is 27.7. The van der Waals surface area contributed by atoms with Crippen molar-refractivity contribution in [3.05, 3.63) is 41.0 Å². The number of nitrogens with one attached hydrogen (secondary N) is 1. The normalized spacial score (nSPS) is 13.7. The summed E-state index contributed by atoms with van der Waals surface area (Å²) in [5.74, 6) is 3.92. The van der Waals surface area contributed by atoms with Crippen molar-refractivity contribution in [2.24, 2.45) is 0 Å². The van der Waals surface area contributed by atoms with E-state index in [-0.39, 0.29) is 18.4 Å². The number of terminal acetylenes is 1. The minimum atomic E-state index is -0.375. The van der Waals surface area contributed by atoms with Crippen LogP contribution in [0.25, 0.3) is 0 Å². The Labute approximate surface area is 215 Å². The van der Waals surface area contributed by atoms with Gasteiger partial charge in [0, 0.05) is 30.9 Å². The number of hydrogen-bond donors (Lipinski definition) is 2. The molecular weight excluding hydrogens is 460 g/mol. The van der Waals surface area contributed by atoms with Gasteiger partial charge in [-0.15, -0.1) is 6.42 Å². The fourth-order valence-corrected chi connectivity index (χ4v) is 2.91. The molecule has 9 nitrogen and oxygen atoms in total. The van der Waals surface area contributed by atoms with Gasteiger partial charge in [0.05, 0.1) is 31.9 Å². The second-order valence-electron chi connectivity index (χ2n) is 8.05. The van der Waals surface area contributed by atoms with E-state index < -0.39 is 0 Å². The van der Waals surface area contributed by atoms with Crippen LogP contribution in [0.3, 0.4) is 0 Å². The van der Waals surface area contributed by atoms with Crippen LogP contribution in [0, 0.1) is 12.3 Å². The van der Waals surface area contributed by atoms with Crippen molar-refractivity contribution in [3.8, 4) is 18.1 Å². The van der Waals surface area contributed by atoms with E-state index in [1.165, 1.54) is 13.5 Å². The van der Waals surface area contributed by atoms with Crippen LogP contribution in [-0.2, 0) is 22.6 Å². The van der Waals surface area contributed by atoms with Crippen molar-refractivity contribution >= 4 is 12.3 Å². The number of carbonyl (C=O) groups excluding carboxylic acids is 2. The average molecular weight is 503 g/mol. The Morgan fingerprint density at radius 2 is 2.06 bits per heavy atom. The number of likely N-dealkylation sites (tertiary alicyclic amines) is 1. The highest BCUT2D eigenvalue weighted by Gasteiger charge is 2.25. The molecule has 0 spiro atoms. The van der Waals surface area contributed by atoms with Gasteiger partial charge in [-0.05, 0) is 18.4 Å². The minimum absolute atomic E-state index is 0.00648. The van der Waals surface area contributed by atoms with Crippen molar-refractivity contribution in [1.82, 2.24) is 20.4 Å². The zero-order valence-electron chi connectivity index (χ0n) is 22.7. The number of amides is 2. The molecule has 1 unspecified atom stereocenters. The molecule has 2 aromatic heterocycles. The quantitative estimate of drug-likeness (QED) is 0.438. The fourth-order valence-electron chi connectivity index (χ4n) is 2.91. The molecule has 200 valence electrons. The first-order chi connectivity index (χ1) is 17.3. The monoisotopic (exact) mass is 502 g/mol. The van der Waals surface area contributed by atoms with Gasteiger partial charge in [0.1, 0.15) is 17.2 Å². The Balaban J connectivity index is 0.000000586. The molecule has 3 rings (SSSR count). The van der Waals surface area contributed by atoms with Gasteiger partial charge >= 0.3 is 0 Å². The van der Waals surface area contributed by atoms with E-state index in [9.17, 15) is 14.7 Å². The second-order valence-corrected chi connectivity index (χ2v) is 8.05. The van der Waals surface area contributed by atoms with E-state index >= 15 is 0 Å². The lowest BCUT2D eigenvalue weighted by molar-refractivity contribution is -0.130. The largest absolute Gasteiger partial charge is 0.495 e. The number of pyridine rings is 1. The van der Waals surface area contributed by atoms with Gasteiger partial charge in [-0.3, -0.25) is 14.6 Å². The summed E-state index contributed by atoms with van der Waals surface area (Å²) >= 11 is 0. The Hall–Kier alpha value is -3.38.